The van der Waals surface area contributed by atoms with Gasteiger partial charge in [-0.2, -0.15) is 11.8 Å². The number of unbranched alkanes of at least 4 members (excludes halogenated alkanes) is 1. The van der Waals surface area contributed by atoms with E-state index in [1.807, 2.05) is 0 Å². The second kappa shape index (κ2) is 6.78. The van der Waals surface area contributed by atoms with Gasteiger partial charge < -0.3 is 15.0 Å². The molecule has 2 rings (SSSR count). The third-order valence-electron chi connectivity index (χ3n) is 3.37. The van der Waals surface area contributed by atoms with Gasteiger partial charge in [0, 0.05) is 6.42 Å². The van der Waals surface area contributed by atoms with Gasteiger partial charge in [0.25, 0.3) is 0 Å². The largest absolute Gasteiger partial charge is 0.480 e. The van der Waals surface area contributed by atoms with Crippen molar-refractivity contribution in [3.63, 3.8) is 0 Å². The van der Waals surface area contributed by atoms with E-state index in [1.54, 1.807) is 18.1 Å². The molecule has 0 fully saturated rings. The van der Waals surface area contributed by atoms with Crippen LogP contribution in [-0.2, 0) is 22.6 Å². The second-order valence-electron chi connectivity index (χ2n) is 4.81. The number of thioether (sulfide) groups is 1. The maximum absolute atomic E-state index is 12.2. The first-order chi connectivity index (χ1) is 9.63. The fraction of sp³-hybridized carbons (Fsp3) is 0.615. The number of aliphatic carboxylic acids is 1. The molecule has 1 amide bonds. The van der Waals surface area contributed by atoms with Gasteiger partial charge in [-0.05, 0) is 12.2 Å². The molecule has 0 saturated carbocycles. The lowest BCUT2D eigenvalue weighted by Crippen LogP contribution is -2.49. The number of amides is 1. The maximum Gasteiger partial charge on any atom is 0.326 e. The highest BCUT2D eigenvalue weighted by atomic mass is 32.2. The van der Waals surface area contributed by atoms with Crippen LogP contribution in [-0.4, -0.2) is 49.4 Å². The van der Waals surface area contributed by atoms with Crippen molar-refractivity contribution in [1.29, 1.82) is 0 Å². The molecule has 7 heteroatoms. The molecule has 110 valence electrons. The van der Waals surface area contributed by atoms with Gasteiger partial charge in [-0.1, -0.05) is 13.3 Å². The first-order valence-corrected chi connectivity index (χ1v) is 7.90. The van der Waals surface area contributed by atoms with Crippen LogP contribution in [0.5, 0.6) is 0 Å². The number of carboxylic acids is 1. The predicted octanol–water partition coefficient (Wildman–Crippen LogP) is 1.28. The number of hydrogen-bond acceptors (Lipinski definition) is 4. The van der Waals surface area contributed by atoms with Gasteiger partial charge in [0.15, 0.2) is 0 Å². The smallest absolute Gasteiger partial charge is 0.326 e. The monoisotopic (exact) mass is 297 g/mol. The summed E-state index contributed by atoms with van der Waals surface area (Å²) in [5.74, 6) is 0.195. The van der Waals surface area contributed by atoms with E-state index in [1.165, 1.54) is 4.90 Å². The van der Waals surface area contributed by atoms with Crippen molar-refractivity contribution < 1.29 is 14.7 Å². The summed E-state index contributed by atoms with van der Waals surface area (Å²) in [4.78, 5) is 32.1. The molecule has 1 unspecified atom stereocenters. The SMILES string of the molecule is CCCCSCC(=O)N1Cc2[nH]cnc2CC1C(=O)O. The Morgan fingerprint density at radius 2 is 2.40 bits per heavy atom. The van der Waals surface area contributed by atoms with Crippen LogP contribution in [0.25, 0.3) is 0 Å². The summed E-state index contributed by atoms with van der Waals surface area (Å²) in [6.45, 7) is 2.41. The van der Waals surface area contributed by atoms with Gasteiger partial charge in [-0.15, -0.1) is 0 Å². The zero-order valence-electron chi connectivity index (χ0n) is 11.5. The van der Waals surface area contributed by atoms with E-state index in [4.69, 9.17) is 0 Å². The van der Waals surface area contributed by atoms with E-state index in [0.29, 0.717) is 12.3 Å². The first-order valence-electron chi connectivity index (χ1n) is 6.74. The highest BCUT2D eigenvalue weighted by Crippen LogP contribution is 2.22. The number of rotatable bonds is 6. The fourth-order valence-electron chi connectivity index (χ4n) is 2.21. The average molecular weight is 297 g/mol. The number of imidazole rings is 1. The lowest BCUT2D eigenvalue weighted by atomic mass is 10.0. The molecule has 0 radical (unpaired) electrons. The van der Waals surface area contributed by atoms with Gasteiger partial charge in [0.2, 0.25) is 5.91 Å². The van der Waals surface area contributed by atoms with Crippen molar-refractivity contribution in [1.82, 2.24) is 14.9 Å². The molecule has 1 aliphatic heterocycles. The Labute approximate surface area is 122 Å². The number of H-pyrrole nitrogens is 1. The lowest BCUT2D eigenvalue weighted by Gasteiger charge is -2.32. The summed E-state index contributed by atoms with van der Waals surface area (Å²) in [6.07, 6.45) is 4.00. The Bertz CT molecular complexity index is 489. The number of aromatic amines is 1. The number of carbonyl (C=O) groups is 2. The molecule has 1 aliphatic rings. The summed E-state index contributed by atoms with van der Waals surface area (Å²) in [5.41, 5.74) is 1.59. The molecule has 0 saturated heterocycles. The minimum atomic E-state index is -0.967. The number of aromatic nitrogens is 2. The van der Waals surface area contributed by atoms with Crippen LogP contribution in [0, 0.1) is 0 Å². The summed E-state index contributed by atoms with van der Waals surface area (Å²) in [5, 5.41) is 9.29. The second-order valence-corrected chi connectivity index (χ2v) is 5.92. The van der Waals surface area contributed by atoms with Crippen molar-refractivity contribution in [2.45, 2.75) is 38.8 Å². The number of carbonyl (C=O) groups excluding carboxylic acids is 1. The number of nitrogens with one attached hydrogen (secondary N) is 1. The number of hydrogen-bond donors (Lipinski definition) is 2. The van der Waals surface area contributed by atoms with E-state index in [2.05, 4.69) is 16.9 Å². The predicted molar refractivity (Wildman–Crippen MR) is 76.5 cm³/mol. The molecule has 0 bridgehead atoms. The van der Waals surface area contributed by atoms with Crippen LogP contribution in [0.3, 0.4) is 0 Å². The zero-order valence-corrected chi connectivity index (χ0v) is 12.3. The van der Waals surface area contributed by atoms with Crippen LogP contribution in [0.2, 0.25) is 0 Å². The quantitative estimate of drug-likeness (QED) is 0.773. The Kier molecular flexibility index (Phi) is 5.05. The molecule has 1 atom stereocenters. The number of fused-ring (bicyclic) bond motifs is 1. The van der Waals surface area contributed by atoms with E-state index in [9.17, 15) is 14.7 Å². The summed E-state index contributed by atoms with van der Waals surface area (Å²) in [6, 6.07) is -0.801. The van der Waals surface area contributed by atoms with Crippen LogP contribution in [0.4, 0.5) is 0 Å². The molecule has 2 heterocycles. The lowest BCUT2D eigenvalue weighted by molar-refractivity contribution is -0.150. The molecule has 1 aromatic heterocycles. The number of carboxylic acid groups (broad SMARTS) is 1. The van der Waals surface area contributed by atoms with Crippen molar-refractivity contribution >= 4 is 23.6 Å². The van der Waals surface area contributed by atoms with Crippen molar-refractivity contribution in [2.24, 2.45) is 0 Å². The maximum atomic E-state index is 12.2. The Balaban J connectivity index is 2.01. The third-order valence-corrected chi connectivity index (χ3v) is 4.40. The van der Waals surface area contributed by atoms with Crippen LogP contribution in [0.15, 0.2) is 6.33 Å². The molecule has 6 nitrogen and oxygen atoms in total. The van der Waals surface area contributed by atoms with Gasteiger partial charge in [0.05, 0.1) is 30.0 Å². The van der Waals surface area contributed by atoms with Crippen LogP contribution < -0.4 is 0 Å². The fourth-order valence-corrected chi connectivity index (χ4v) is 3.18. The summed E-state index contributed by atoms with van der Waals surface area (Å²) >= 11 is 1.57. The molecule has 1 aromatic rings. The van der Waals surface area contributed by atoms with E-state index in [0.717, 1.165) is 30.0 Å². The molecule has 0 aromatic carbocycles. The molecule has 0 spiro atoms. The van der Waals surface area contributed by atoms with Gasteiger partial charge in [0.1, 0.15) is 6.04 Å². The normalized spacial score (nSPS) is 17.9. The van der Waals surface area contributed by atoms with Gasteiger partial charge in [-0.3, -0.25) is 4.79 Å². The molecule has 2 N–H and O–H groups in total. The van der Waals surface area contributed by atoms with Crippen molar-refractivity contribution in [3.8, 4) is 0 Å². The highest BCUT2D eigenvalue weighted by molar-refractivity contribution is 7.99. The number of nitrogens with zero attached hydrogens (tertiary/aromatic N) is 2. The minimum Gasteiger partial charge on any atom is -0.480 e. The molecular weight excluding hydrogens is 278 g/mol. The van der Waals surface area contributed by atoms with Crippen LogP contribution >= 0.6 is 11.8 Å². The standard InChI is InChI=1S/C13H19N3O3S/c1-2-3-4-20-7-12(17)16-6-10-9(14-8-15-10)5-11(16)13(18)19/h8,11H,2-7H2,1H3,(H,14,15)(H,18,19). The van der Waals surface area contributed by atoms with Gasteiger partial charge >= 0.3 is 5.97 Å². The Hall–Kier alpha value is -1.50. The summed E-state index contributed by atoms with van der Waals surface area (Å²) in [7, 11) is 0. The zero-order chi connectivity index (χ0) is 14.5. The average Bonchev–Trinajstić information content (AvgIpc) is 2.89. The van der Waals surface area contributed by atoms with Gasteiger partial charge in [-0.25, -0.2) is 9.78 Å². The Morgan fingerprint density at radius 3 is 3.10 bits per heavy atom. The van der Waals surface area contributed by atoms with Crippen molar-refractivity contribution in [2.75, 3.05) is 11.5 Å². The van der Waals surface area contributed by atoms with Crippen molar-refractivity contribution in [3.05, 3.63) is 17.7 Å². The third kappa shape index (κ3) is 3.33. The van der Waals surface area contributed by atoms with E-state index in [-0.39, 0.29) is 12.3 Å². The summed E-state index contributed by atoms with van der Waals surface area (Å²) < 4.78 is 0. The van der Waals surface area contributed by atoms with E-state index < -0.39 is 12.0 Å². The molecular formula is C13H19N3O3S. The first kappa shape index (κ1) is 14.9. The Morgan fingerprint density at radius 1 is 1.60 bits per heavy atom. The van der Waals surface area contributed by atoms with E-state index >= 15 is 0 Å². The van der Waals surface area contributed by atoms with Crippen LogP contribution in [0.1, 0.15) is 31.2 Å². The minimum absolute atomic E-state index is 0.112. The molecule has 0 aliphatic carbocycles. The topological polar surface area (TPSA) is 86.3 Å². The molecule has 20 heavy (non-hydrogen) atoms. The highest BCUT2D eigenvalue weighted by Gasteiger charge is 2.35.